The van der Waals surface area contributed by atoms with E-state index in [4.69, 9.17) is 10.5 Å². The predicted molar refractivity (Wildman–Crippen MR) is 76.4 cm³/mol. The van der Waals surface area contributed by atoms with Crippen LogP contribution in [0.1, 0.15) is 23.1 Å². The van der Waals surface area contributed by atoms with Crippen molar-refractivity contribution in [1.82, 2.24) is 14.9 Å². The minimum Gasteiger partial charge on any atom is -0.493 e. The van der Waals surface area contributed by atoms with Crippen molar-refractivity contribution in [1.29, 1.82) is 0 Å². The molecule has 1 aromatic carbocycles. The van der Waals surface area contributed by atoms with Crippen LogP contribution in [0.4, 0.5) is 5.69 Å². The topological polar surface area (TPSA) is 82.2 Å². The summed E-state index contributed by atoms with van der Waals surface area (Å²) < 4.78 is 7.28. The van der Waals surface area contributed by atoms with Crippen molar-refractivity contribution in [2.75, 3.05) is 12.3 Å². The number of carbonyl (C=O) groups is 1. The predicted octanol–water partition coefficient (Wildman–Crippen LogP) is 1.33. The Morgan fingerprint density at radius 3 is 2.95 bits per heavy atom. The fourth-order valence-corrected chi connectivity index (χ4v) is 1.88. The number of nitrogens with two attached hydrogens (primary N) is 1. The molecule has 0 aliphatic carbocycles. The summed E-state index contributed by atoms with van der Waals surface area (Å²) in [7, 11) is 1.87. The molecule has 0 bridgehead atoms. The number of hydrogen-bond donors (Lipinski definition) is 2. The van der Waals surface area contributed by atoms with Gasteiger partial charge in [0.2, 0.25) is 0 Å². The van der Waals surface area contributed by atoms with Gasteiger partial charge in [0.25, 0.3) is 5.91 Å². The minimum atomic E-state index is -0.269. The second-order valence-corrected chi connectivity index (χ2v) is 4.29. The van der Waals surface area contributed by atoms with E-state index < -0.39 is 0 Å². The van der Waals surface area contributed by atoms with Crippen LogP contribution in [0.25, 0.3) is 0 Å². The first-order valence-corrected chi connectivity index (χ1v) is 6.39. The third-order valence-corrected chi connectivity index (χ3v) is 2.91. The quantitative estimate of drug-likeness (QED) is 0.806. The van der Waals surface area contributed by atoms with E-state index >= 15 is 0 Å². The van der Waals surface area contributed by atoms with Gasteiger partial charge in [0.1, 0.15) is 17.1 Å². The van der Waals surface area contributed by atoms with Gasteiger partial charge in [0, 0.05) is 25.1 Å². The van der Waals surface area contributed by atoms with Gasteiger partial charge in [-0.2, -0.15) is 0 Å². The lowest BCUT2D eigenvalue weighted by atomic mass is 10.1. The number of nitrogen functional groups attached to an aromatic ring is 1. The number of imidazole rings is 1. The second-order valence-electron chi connectivity index (χ2n) is 4.29. The lowest BCUT2D eigenvalue weighted by Crippen LogP contribution is -2.26. The molecule has 0 aliphatic heterocycles. The third kappa shape index (κ3) is 2.90. The molecule has 6 heteroatoms. The summed E-state index contributed by atoms with van der Waals surface area (Å²) in [6.45, 7) is 2.67. The minimum absolute atomic E-state index is 0.269. The number of nitrogens with zero attached hydrogens (tertiary/aromatic N) is 2. The number of rotatable bonds is 5. The average Bonchev–Trinajstić information content (AvgIpc) is 2.82. The van der Waals surface area contributed by atoms with E-state index in [1.165, 1.54) is 0 Å². The maximum atomic E-state index is 12.3. The van der Waals surface area contributed by atoms with Crippen LogP contribution < -0.4 is 15.8 Å². The van der Waals surface area contributed by atoms with Crippen molar-refractivity contribution in [3.63, 3.8) is 0 Å². The Labute approximate surface area is 117 Å². The van der Waals surface area contributed by atoms with E-state index in [0.29, 0.717) is 30.2 Å². The van der Waals surface area contributed by atoms with Crippen LogP contribution in [0.15, 0.2) is 30.6 Å². The highest BCUT2D eigenvalue weighted by Gasteiger charge is 2.16. The number of amides is 1. The highest BCUT2D eigenvalue weighted by molar-refractivity contribution is 6.01. The number of aromatic nitrogens is 2. The van der Waals surface area contributed by atoms with E-state index in [0.717, 1.165) is 5.82 Å². The fourth-order valence-electron chi connectivity index (χ4n) is 1.88. The Hall–Kier alpha value is -2.50. The van der Waals surface area contributed by atoms with Crippen molar-refractivity contribution in [2.45, 2.75) is 13.5 Å². The van der Waals surface area contributed by atoms with Gasteiger partial charge in [0.15, 0.2) is 0 Å². The van der Waals surface area contributed by atoms with Gasteiger partial charge < -0.3 is 20.4 Å². The van der Waals surface area contributed by atoms with Crippen molar-refractivity contribution < 1.29 is 9.53 Å². The highest BCUT2D eigenvalue weighted by Crippen LogP contribution is 2.24. The van der Waals surface area contributed by atoms with Crippen LogP contribution in [0.2, 0.25) is 0 Å². The Morgan fingerprint density at radius 2 is 2.30 bits per heavy atom. The van der Waals surface area contributed by atoms with E-state index in [2.05, 4.69) is 10.3 Å². The third-order valence-electron chi connectivity index (χ3n) is 2.91. The molecule has 0 saturated heterocycles. The van der Waals surface area contributed by atoms with Crippen LogP contribution in [0.3, 0.4) is 0 Å². The largest absolute Gasteiger partial charge is 0.493 e. The molecule has 0 fully saturated rings. The fraction of sp³-hybridized carbons (Fsp3) is 0.286. The Morgan fingerprint density at radius 1 is 1.50 bits per heavy atom. The number of nitrogens with one attached hydrogen (secondary N) is 1. The Bertz CT molecular complexity index is 607. The van der Waals surface area contributed by atoms with Gasteiger partial charge in [0.05, 0.1) is 13.2 Å². The molecule has 0 atom stereocenters. The first kappa shape index (κ1) is 13.9. The maximum absolute atomic E-state index is 12.3. The number of benzene rings is 1. The lowest BCUT2D eigenvalue weighted by Gasteiger charge is -2.12. The zero-order valence-corrected chi connectivity index (χ0v) is 11.6. The molecular weight excluding hydrogens is 256 g/mol. The molecule has 1 aromatic heterocycles. The van der Waals surface area contributed by atoms with Crippen LogP contribution in [0, 0.1) is 0 Å². The van der Waals surface area contributed by atoms with Crippen molar-refractivity contribution >= 4 is 11.6 Å². The van der Waals surface area contributed by atoms with Crippen LogP contribution in [-0.2, 0) is 13.6 Å². The van der Waals surface area contributed by atoms with Crippen LogP contribution in [-0.4, -0.2) is 22.1 Å². The number of hydrogen-bond acceptors (Lipinski definition) is 4. The second kappa shape index (κ2) is 6.10. The zero-order chi connectivity index (χ0) is 14.5. The van der Waals surface area contributed by atoms with E-state index in [-0.39, 0.29) is 5.91 Å². The SMILES string of the molecule is CCOc1cccc(N)c1C(=O)NCc1nccn1C. The lowest BCUT2D eigenvalue weighted by molar-refractivity contribution is 0.0947. The Balaban J connectivity index is 2.15. The molecule has 3 N–H and O–H groups in total. The number of ether oxygens (including phenoxy) is 1. The van der Waals surface area contributed by atoms with E-state index in [1.54, 1.807) is 24.4 Å². The summed E-state index contributed by atoms with van der Waals surface area (Å²) in [4.78, 5) is 16.4. The number of carbonyl (C=O) groups excluding carboxylic acids is 1. The highest BCUT2D eigenvalue weighted by atomic mass is 16.5. The number of anilines is 1. The van der Waals surface area contributed by atoms with E-state index in [9.17, 15) is 4.79 Å². The molecule has 0 saturated carbocycles. The maximum Gasteiger partial charge on any atom is 0.257 e. The smallest absolute Gasteiger partial charge is 0.257 e. The van der Waals surface area contributed by atoms with Crippen molar-refractivity contribution in [2.24, 2.45) is 7.05 Å². The molecule has 2 aromatic rings. The number of aryl methyl sites for hydroxylation is 1. The van der Waals surface area contributed by atoms with Crippen LogP contribution >= 0.6 is 0 Å². The summed E-state index contributed by atoms with van der Waals surface area (Å²) >= 11 is 0. The first-order chi connectivity index (χ1) is 9.63. The van der Waals surface area contributed by atoms with Crippen LogP contribution in [0.5, 0.6) is 5.75 Å². The molecule has 1 heterocycles. The molecule has 0 unspecified atom stereocenters. The summed E-state index contributed by atoms with van der Waals surface area (Å²) in [5.41, 5.74) is 6.63. The van der Waals surface area contributed by atoms with Gasteiger partial charge in [-0.05, 0) is 19.1 Å². The first-order valence-electron chi connectivity index (χ1n) is 6.39. The molecule has 1 amide bonds. The molecular formula is C14H18N4O2. The standard InChI is InChI=1S/C14H18N4O2/c1-3-20-11-6-4-5-10(15)13(11)14(19)17-9-12-16-7-8-18(12)2/h4-8H,3,9,15H2,1-2H3,(H,17,19). The summed E-state index contributed by atoms with van der Waals surface area (Å²) in [5, 5.41) is 2.80. The molecule has 0 spiro atoms. The molecule has 6 nitrogen and oxygen atoms in total. The van der Waals surface area contributed by atoms with Gasteiger partial charge in [-0.1, -0.05) is 6.07 Å². The van der Waals surface area contributed by atoms with Crippen molar-refractivity contribution in [3.8, 4) is 5.75 Å². The molecule has 106 valence electrons. The van der Waals surface area contributed by atoms with Gasteiger partial charge in [-0.15, -0.1) is 0 Å². The van der Waals surface area contributed by atoms with Gasteiger partial charge in [-0.3, -0.25) is 4.79 Å². The molecule has 0 aliphatic rings. The summed E-state index contributed by atoms with van der Waals surface area (Å²) in [5.74, 6) is 0.991. The van der Waals surface area contributed by atoms with E-state index in [1.807, 2.05) is 24.7 Å². The normalized spacial score (nSPS) is 10.3. The van der Waals surface area contributed by atoms with Gasteiger partial charge in [-0.25, -0.2) is 4.98 Å². The monoisotopic (exact) mass is 274 g/mol. The molecule has 0 radical (unpaired) electrons. The molecule has 20 heavy (non-hydrogen) atoms. The zero-order valence-electron chi connectivity index (χ0n) is 11.6. The summed E-state index contributed by atoms with van der Waals surface area (Å²) in [6.07, 6.45) is 3.51. The molecule has 2 rings (SSSR count). The summed E-state index contributed by atoms with van der Waals surface area (Å²) in [6, 6.07) is 5.17. The Kier molecular flexibility index (Phi) is 4.24. The average molecular weight is 274 g/mol. The van der Waals surface area contributed by atoms with Crippen molar-refractivity contribution in [3.05, 3.63) is 42.0 Å². The van der Waals surface area contributed by atoms with Gasteiger partial charge >= 0.3 is 0 Å².